The molecular weight excluding hydrogens is 286 g/mol. The van der Waals surface area contributed by atoms with E-state index in [0.29, 0.717) is 5.25 Å². The lowest BCUT2D eigenvalue weighted by Crippen LogP contribution is -2.06. The summed E-state index contributed by atoms with van der Waals surface area (Å²) in [5.74, 6) is 2.34. The van der Waals surface area contributed by atoms with Crippen molar-refractivity contribution in [1.29, 1.82) is 0 Å². The summed E-state index contributed by atoms with van der Waals surface area (Å²) < 4.78 is 3.18. The number of halogens is 1. The van der Waals surface area contributed by atoms with Gasteiger partial charge in [0, 0.05) is 10.7 Å². The molecule has 1 unspecified atom stereocenters. The van der Waals surface area contributed by atoms with Crippen LogP contribution in [0.25, 0.3) is 5.65 Å². The van der Waals surface area contributed by atoms with Crippen LogP contribution >= 0.6 is 27.7 Å². The summed E-state index contributed by atoms with van der Waals surface area (Å²) in [6, 6.07) is 4.00. The van der Waals surface area contributed by atoms with Crippen molar-refractivity contribution in [3.05, 3.63) is 28.6 Å². The number of thioether (sulfide) groups is 1. The van der Waals surface area contributed by atoms with E-state index < -0.39 is 0 Å². The van der Waals surface area contributed by atoms with Crippen molar-refractivity contribution < 1.29 is 0 Å². The van der Waals surface area contributed by atoms with Gasteiger partial charge >= 0.3 is 0 Å². The average molecular weight is 298 g/mol. The van der Waals surface area contributed by atoms with Crippen molar-refractivity contribution in [3.63, 3.8) is 0 Å². The molecule has 84 valence electrons. The fourth-order valence-electron chi connectivity index (χ4n) is 2.05. The first-order chi connectivity index (χ1) is 7.84. The van der Waals surface area contributed by atoms with E-state index in [1.807, 2.05) is 23.9 Å². The summed E-state index contributed by atoms with van der Waals surface area (Å²) in [6.07, 6.45) is 5.92. The van der Waals surface area contributed by atoms with Crippen LogP contribution in [-0.2, 0) is 0 Å². The Morgan fingerprint density at radius 2 is 2.25 bits per heavy atom. The first-order valence-corrected chi connectivity index (χ1v) is 7.30. The molecule has 0 spiro atoms. The van der Waals surface area contributed by atoms with Gasteiger partial charge in [0.25, 0.3) is 0 Å². The summed E-state index contributed by atoms with van der Waals surface area (Å²) in [5.41, 5.74) is 0.935. The standard InChI is InChI=1S/C11H12BrN3S/c12-8-4-5-10-13-14-11(15(10)7-8)9-3-1-2-6-16-9/h4-5,7,9H,1-3,6H2. The Morgan fingerprint density at radius 1 is 1.31 bits per heavy atom. The summed E-state index contributed by atoms with van der Waals surface area (Å²) in [7, 11) is 0. The molecule has 0 N–H and O–H groups in total. The molecule has 0 aromatic carbocycles. The third kappa shape index (κ3) is 1.86. The van der Waals surface area contributed by atoms with E-state index in [1.165, 1.54) is 25.0 Å². The number of pyridine rings is 1. The Labute approximate surface area is 107 Å². The first-order valence-electron chi connectivity index (χ1n) is 5.46. The third-order valence-corrected chi connectivity index (χ3v) is 4.70. The molecule has 3 heterocycles. The lowest BCUT2D eigenvalue weighted by Gasteiger charge is -2.19. The smallest absolute Gasteiger partial charge is 0.160 e. The second kappa shape index (κ2) is 4.37. The Bertz CT molecular complexity index is 505. The van der Waals surface area contributed by atoms with Crippen LogP contribution in [0.3, 0.4) is 0 Å². The molecule has 0 saturated carbocycles. The van der Waals surface area contributed by atoms with Gasteiger partial charge in [-0.1, -0.05) is 6.42 Å². The lowest BCUT2D eigenvalue weighted by molar-refractivity contribution is 0.657. The fraction of sp³-hybridized carbons (Fsp3) is 0.455. The van der Waals surface area contributed by atoms with Crippen molar-refractivity contribution in [1.82, 2.24) is 14.6 Å². The highest BCUT2D eigenvalue weighted by molar-refractivity contribution is 9.10. The third-order valence-electron chi connectivity index (χ3n) is 2.86. The van der Waals surface area contributed by atoms with Crippen molar-refractivity contribution in [2.24, 2.45) is 0 Å². The zero-order valence-electron chi connectivity index (χ0n) is 8.77. The lowest BCUT2D eigenvalue weighted by atomic mass is 10.2. The molecule has 3 nitrogen and oxygen atoms in total. The monoisotopic (exact) mass is 297 g/mol. The molecule has 2 aromatic heterocycles. The Balaban J connectivity index is 2.05. The van der Waals surface area contributed by atoms with Crippen LogP contribution in [0.1, 0.15) is 30.3 Å². The Morgan fingerprint density at radius 3 is 3.06 bits per heavy atom. The van der Waals surface area contributed by atoms with Gasteiger partial charge in [0.2, 0.25) is 0 Å². The van der Waals surface area contributed by atoms with Crippen molar-refractivity contribution in [2.45, 2.75) is 24.5 Å². The van der Waals surface area contributed by atoms with Gasteiger partial charge in [-0.15, -0.1) is 10.2 Å². The highest BCUT2D eigenvalue weighted by Gasteiger charge is 2.21. The topological polar surface area (TPSA) is 30.2 Å². The zero-order chi connectivity index (χ0) is 11.0. The SMILES string of the molecule is Brc1ccc2nnc(C3CCCCS3)n2c1. The van der Waals surface area contributed by atoms with E-state index in [2.05, 4.69) is 36.7 Å². The van der Waals surface area contributed by atoms with Crippen molar-refractivity contribution in [3.8, 4) is 0 Å². The van der Waals surface area contributed by atoms with Crippen LogP contribution in [0.4, 0.5) is 0 Å². The van der Waals surface area contributed by atoms with E-state index in [0.717, 1.165) is 15.9 Å². The van der Waals surface area contributed by atoms with E-state index in [1.54, 1.807) is 0 Å². The molecule has 1 aliphatic rings. The van der Waals surface area contributed by atoms with Gasteiger partial charge in [-0.25, -0.2) is 0 Å². The molecule has 2 aromatic rings. The molecule has 5 heteroatoms. The number of nitrogens with zero attached hydrogens (tertiary/aromatic N) is 3. The highest BCUT2D eigenvalue weighted by Crippen LogP contribution is 2.37. The fourth-order valence-corrected chi connectivity index (χ4v) is 3.68. The van der Waals surface area contributed by atoms with Crippen LogP contribution in [0, 0.1) is 0 Å². The molecule has 1 saturated heterocycles. The van der Waals surface area contributed by atoms with E-state index >= 15 is 0 Å². The number of hydrogen-bond donors (Lipinski definition) is 0. The van der Waals surface area contributed by atoms with Gasteiger partial charge in [-0.3, -0.25) is 4.40 Å². The van der Waals surface area contributed by atoms with Crippen LogP contribution in [0.15, 0.2) is 22.8 Å². The van der Waals surface area contributed by atoms with Crippen LogP contribution in [-0.4, -0.2) is 20.4 Å². The van der Waals surface area contributed by atoms with Crippen LogP contribution < -0.4 is 0 Å². The van der Waals surface area contributed by atoms with Crippen molar-refractivity contribution in [2.75, 3.05) is 5.75 Å². The largest absolute Gasteiger partial charge is 0.284 e. The second-order valence-corrected chi connectivity index (χ2v) is 6.22. The molecule has 1 atom stereocenters. The molecule has 0 radical (unpaired) electrons. The Kier molecular flexibility index (Phi) is 2.90. The minimum atomic E-state index is 0.512. The molecule has 0 amide bonds. The number of fused-ring (bicyclic) bond motifs is 1. The molecule has 16 heavy (non-hydrogen) atoms. The maximum atomic E-state index is 4.33. The maximum Gasteiger partial charge on any atom is 0.160 e. The maximum absolute atomic E-state index is 4.33. The quantitative estimate of drug-likeness (QED) is 0.808. The normalized spacial score (nSPS) is 21.4. The predicted molar refractivity (Wildman–Crippen MR) is 69.7 cm³/mol. The average Bonchev–Trinajstić information content (AvgIpc) is 2.73. The number of aromatic nitrogens is 3. The first kappa shape index (κ1) is 10.6. The van der Waals surface area contributed by atoms with E-state index in [9.17, 15) is 0 Å². The second-order valence-electron chi connectivity index (χ2n) is 3.99. The van der Waals surface area contributed by atoms with Gasteiger partial charge in [-0.05, 0) is 46.7 Å². The van der Waals surface area contributed by atoms with Gasteiger partial charge in [0.05, 0.1) is 5.25 Å². The minimum Gasteiger partial charge on any atom is -0.284 e. The molecule has 0 aliphatic carbocycles. The number of rotatable bonds is 1. The zero-order valence-corrected chi connectivity index (χ0v) is 11.2. The summed E-state index contributed by atoms with van der Waals surface area (Å²) in [4.78, 5) is 0. The minimum absolute atomic E-state index is 0.512. The Hall–Kier alpha value is -0.550. The summed E-state index contributed by atoms with van der Waals surface area (Å²) in [5, 5.41) is 9.06. The van der Waals surface area contributed by atoms with E-state index in [4.69, 9.17) is 0 Å². The van der Waals surface area contributed by atoms with Gasteiger partial charge < -0.3 is 0 Å². The highest BCUT2D eigenvalue weighted by atomic mass is 79.9. The van der Waals surface area contributed by atoms with Gasteiger partial charge in [-0.2, -0.15) is 11.8 Å². The number of hydrogen-bond acceptors (Lipinski definition) is 3. The van der Waals surface area contributed by atoms with Gasteiger partial charge in [0.1, 0.15) is 0 Å². The molecule has 1 fully saturated rings. The van der Waals surface area contributed by atoms with E-state index in [-0.39, 0.29) is 0 Å². The predicted octanol–water partition coefficient (Wildman–Crippen LogP) is 3.45. The van der Waals surface area contributed by atoms with Crippen LogP contribution in [0.2, 0.25) is 0 Å². The molecule has 1 aliphatic heterocycles. The van der Waals surface area contributed by atoms with Crippen LogP contribution in [0.5, 0.6) is 0 Å². The molecule has 0 bridgehead atoms. The summed E-state index contributed by atoms with van der Waals surface area (Å²) >= 11 is 5.50. The van der Waals surface area contributed by atoms with Gasteiger partial charge in [0.15, 0.2) is 11.5 Å². The van der Waals surface area contributed by atoms with Crippen molar-refractivity contribution >= 4 is 33.3 Å². The molecule has 3 rings (SSSR count). The summed E-state index contributed by atoms with van der Waals surface area (Å²) in [6.45, 7) is 0. The molecular formula is C11H12BrN3S.